The van der Waals surface area contributed by atoms with Crippen molar-refractivity contribution in [1.82, 2.24) is 15.0 Å². The molecule has 0 unspecified atom stereocenters. The first-order valence-electron chi connectivity index (χ1n) is 10.4. The molecule has 1 aromatic carbocycles. The molecule has 3 rings (SSSR count). The van der Waals surface area contributed by atoms with Crippen LogP contribution in [0.15, 0.2) is 47.5 Å². The predicted molar refractivity (Wildman–Crippen MR) is 119 cm³/mol. The van der Waals surface area contributed by atoms with E-state index in [0.29, 0.717) is 5.75 Å². The second-order valence-corrected chi connectivity index (χ2v) is 9.64. The number of carbonyl (C=O) groups is 1. The number of hydrogen-bond acceptors (Lipinski definition) is 6. The Morgan fingerprint density at radius 1 is 1.19 bits per heavy atom. The first-order valence-corrected chi connectivity index (χ1v) is 11.9. The third kappa shape index (κ3) is 6.18. The molecule has 168 valence electrons. The summed E-state index contributed by atoms with van der Waals surface area (Å²) in [4.78, 5) is 19.2. The number of ether oxygens (including phenoxy) is 1. The molecule has 1 aliphatic rings. The molecule has 1 saturated heterocycles. The number of nitrogens with one attached hydrogen (secondary N) is 2. The first kappa shape index (κ1) is 23.0. The van der Waals surface area contributed by atoms with Gasteiger partial charge in [-0.25, -0.2) is 13.4 Å². The number of hydrogen-bond donors (Lipinski definition) is 2. The van der Waals surface area contributed by atoms with Crippen LogP contribution in [-0.2, 0) is 21.4 Å². The van der Waals surface area contributed by atoms with E-state index in [4.69, 9.17) is 4.74 Å². The largest absolute Gasteiger partial charge is 0.497 e. The highest BCUT2D eigenvalue weighted by Gasteiger charge is 2.22. The lowest BCUT2D eigenvalue weighted by molar-refractivity contribution is -0.122. The van der Waals surface area contributed by atoms with Crippen LogP contribution in [0.4, 0.5) is 5.82 Å². The van der Waals surface area contributed by atoms with Gasteiger partial charge in [0.05, 0.1) is 18.0 Å². The van der Waals surface area contributed by atoms with Crippen molar-refractivity contribution in [3.63, 3.8) is 0 Å². The maximum Gasteiger partial charge on any atom is 0.241 e. The number of pyridine rings is 1. The lowest BCUT2D eigenvalue weighted by atomic mass is 9.99. The lowest BCUT2D eigenvalue weighted by Gasteiger charge is -2.31. The average Bonchev–Trinajstić information content (AvgIpc) is 2.78. The zero-order chi connectivity index (χ0) is 22.4. The highest BCUT2D eigenvalue weighted by atomic mass is 32.2. The van der Waals surface area contributed by atoms with Crippen LogP contribution in [0.5, 0.6) is 5.75 Å². The number of sulfonamides is 1. The standard InChI is InChI=1S/C22H30N4O4S/c1-16-10-12-26(13-11-16)21-9-4-18(14-23-21)15-24-22(27)17(2)25-31(28,29)20-7-5-19(30-3)6-8-20/h4-9,14,16-17,25H,10-13,15H2,1-3H3,(H,24,27)/t17-/m0/s1. The van der Waals surface area contributed by atoms with E-state index >= 15 is 0 Å². The number of amides is 1. The van der Waals surface area contributed by atoms with Gasteiger partial charge < -0.3 is 15.0 Å². The summed E-state index contributed by atoms with van der Waals surface area (Å²) in [6, 6.07) is 8.96. The van der Waals surface area contributed by atoms with Gasteiger partial charge in [-0.05, 0) is 61.6 Å². The van der Waals surface area contributed by atoms with Crippen LogP contribution in [0.3, 0.4) is 0 Å². The van der Waals surface area contributed by atoms with Gasteiger partial charge in [0.2, 0.25) is 15.9 Å². The Balaban J connectivity index is 1.51. The maximum atomic E-state index is 12.5. The summed E-state index contributed by atoms with van der Waals surface area (Å²) in [5.41, 5.74) is 0.854. The molecule has 2 heterocycles. The number of benzene rings is 1. The Bertz CT molecular complexity index is 970. The van der Waals surface area contributed by atoms with Crippen molar-refractivity contribution in [3.8, 4) is 5.75 Å². The molecular weight excluding hydrogens is 416 g/mol. The summed E-state index contributed by atoms with van der Waals surface area (Å²) in [6.07, 6.45) is 4.09. The molecule has 0 bridgehead atoms. The third-order valence-electron chi connectivity index (χ3n) is 5.48. The van der Waals surface area contributed by atoms with Gasteiger partial charge in [-0.15, -0.1) is 0 Å². The van der Waals surface area contributed by atoms with Crippen LogP contribution in [-0.4, -0.2) is 45.6 Å². The second kappa shape index (κ2) is 10.1. The van der Waals surface area contributed by atoms with Crippen LogP contribution in [0, 0.1) is 5.92 Å². The van der Waals surface area contributed by atoms with Gasteiger partial charge in [0.25, 0.3) is 0 Å². The molecule has 1 amide bonds. The van der Waals surface area contributed by atoms with Crippen molar-refractivity contribution in [3.05, 3.63) is 48.2 Å². The summed E-state index contributed by atoms with van der Waals surface area (Å²) in [5.74, 6) is 1.85. The van der Waals surface area contributed by atoms with Crippen LogP contribution in [0.25, 0.3) is 0 Å². The fourth-order valence-corrected chi connectivity index (χ4v) is 4.60. The van der Waals surface area contributed by atoms with E-state index < -0.39 is 22.0 Å². The van der Waals surface area contributed by atoms with Crippen molar-refractivity contribution in [2.45, 2.75) is 44.2 Å². The molecule has 2 aromatic rings. The molecular formula is C22H30N4O4S. The van der Waals surface area contributed by atoms with Gasteiger partial charge in [-0.2, -0.15) is 4.72 Å². The normalized spacial score (nSPS) is 16.0. The van der Waals surface area contributed by atoms with Crippen LogP contribution in [0.1, 0.15) is 32.3 Å². The van der Waals surface area contributed by atoms with Crippen LogP contribution < -0.4 is 19.7 Å². The molecule has 8 nitrogen and oxygen atoms in total. The molecule has 1 atom stereocenters. The zero-order valence-electron chi connectivity index (χ0n) is 18.2. The molecule has 0 radical (unpaired) electrons. The topological polar surface area (TPSA) is 101 Å². The van der Waals surface area contributed by atoms with Crippen LogP contribution >= 0.6 is 0 Å². The van der Waals surface area contributed by atoms with Gasteiger partial charge in [-0.3, -0.25) is 4.79 Å². The molecule has 0 spiro atoms. The summed E-state index contributed by atoms with van der Waals surface area (Å²) in [7, 11) is -2.31. The summed E-state index contributed by atoms with van der Waals surface area (Å²) in [6.45, 7) is 6.08. The number of rotatable bonds is 8. The zero-order valence-corrected chi connectivity index (χ0v) is 19.0. The smallest absolute Gasteiger partial charge is 0.241 e. The van der Waals surface area contributed by atoms with E-state index in [1.54, 1.807) is 18.3 Å². The minimum absolute atomic E-state index is 0.0693. The maximum absolute atomic E-state index is 12.5. The molecule has 1 fully saturated rings. The minimum atomic E-state index is -3.82. The number of methoxy groups -OCH3 is 1. The van der Waals surface area contributed by atoms with Gasteiger partial charge in [0, 0.05) is 25.8 Å². The number of anilines is 1. The van der Waals surface area contributed by atoms with Gasteiger partial charge in [-0.1, -0.05) is 13.0 Å². The fourth-order valence-electron chi connectivity index (χ4n) is 3.40. The van der Waals surface area contributed by atoms with E-state index in [1.807, 2.05) is 12.1 Å². The van der Waals surface area contributed by atoms with Crippen molar-refractivity contribution >= 4 is 21.7 Å². The van der Waals surface area contributed by atoms with Gasteiger partial charge in [0.1, 0.15) is 11.6 Å². The van der Waals surface area contributed by atoms with Crippen molar-refractivity contribution in [1.29, 1.82) is 0 Å². The van der Waals surface area contributed by atoms with Crippen molar-refractivity contribution in [2.24, 2.45) is 5.92 Å². The molecule has 9 heteroatoms. The Hall–Kier alpha value is -2.65. The Kier molecular flexibility index (Phi) is 7.50. The second-order valence-electron chi connectivity index (χ2n) is 7.93. The number of carbonyl (C=O) groups excluding carboxylic acids is 1. The highest BCUT2D eigenvalue weighted by Crippen LogP contribution is 2.21. The van der Waals surface area contributed by atoms with Gasteiger partial charge in [0.15, 0.2) is 0 Å². The molecule has 31 heavy (non-hydrogen) atoms. The first-order chi connectivity index (χ1) is 14.8. The summed E-state index contributed by atoms with van der Waals surface area (Å²) in [5, 5.41) is 2.76. The molecule has 0 saturated carbocycles. The summed E-state index contributed by atoms with van der Waals surface area (Å²) >= 11 is 0. The van der Waals surface area contributed by atoms with E-state index in [-0.39, 0.29) is 11.4 Å². The number of nitrogens with zero attached hydrogens (tertiary/aromatic N) is 2. The SMILES string of the molecule is COc1ccc(S(=O)(=O)N[C@@H](C)C(=O)NCc2ccc(N3CCC(C)CC3)nc2)cc1. The van der Waals surface area contributed by atoms with E-state index in [1.165, 1.54) is 39.0 Å². The van der Waals surface area contributed by atoms with Crippen molar-refractivity contribution in [2.75, 3.05) is 25.1 Å². The lowest BCUT2D eigenvalue weighted by Crippen LogP contribution is -2.44. The van der Waals surface area contributed by atoms with E-state index in [2.05, 4.69) is 26.8 Å². The Morgan fingerprint density at radius 3 is 2.45 bits per heavy atom. The molecule has 1 aromatic heterocycles. The Labute approximate surface area is 184 Å². The number of aromatic nitrogens is 1. The monoisotopic (exact) mass is 446 g/mol. The Morgan fingerprint density at radius 2 is 1.87 bits per heavy atom. The average molecular weight is 447 g/mol. The number of piperidine rings is 1. The minimum Gasteiger partial charge on any atom is -0.497 e. The quantitative estimate of drug-likeness (QED) is 0.645. The van der Waals surface area contributed by atoms with E-state index in [9.17, 15) is 13.2 Å². The highest BCUT2D eigenvalue weighted by molar-refractivity contribution is 7.89. The molecule has 2 N–H and O–H groups in total. The molecule has 0 aliphatic carbocycles. The van der Waals surface area contributed by atoms with Crippen molar-refractivity contribution < 1.29 is 17.9 Å². The van der Waals surface area contributed by atoms with E-state index in [0.717, 1.165) is 30.4 Å². The summed E-state index contributed by atoms with van der Waals surface area (Å²) < 4.78 is 32.4. The third-order valence-corrected chi connectivity index (χ3v) is 7.04. The fraction of sp³-hybridized carbons (Fsp3) is 0.455. The van der Waals surface area contributed by atoms with Gasteiger partial charge >= 0.3 is 0 Å². The van der Waals surface area contributed by atoms with Crippen LogP contribution in [0.2, 0.25) is 0 Å². The molecule has 1 aliphatic heterocycles. The predicted octanol–water partition coefficient (Wildman–Crippen LogP) is 2.31.